The number of benzene rings is 1. The SMILES string of the molecule is C=Cc1ccccc1.c1conn1.c1conn1. The number of nitrogens with zero attached hydrogens (tertiary/aromatic N) is 4. The highest BCUT2D eigenvalue weighted by Crippen LogP contribution is 1.97. The van der Waals surface area contributed by atoms with Gasteiger partial charge >= 0.3 is 0 Å². The van der Waals surface area contributed by atoms with Crippen molar-refractivity contribution < 1.29 is 9.05 Å². The molecule has 2 aromatic heterocycles. The Balaban J connectivity index is 0.000000141. The summed E-state index contributed by atoms with van der Waals surface area (Å²) in [6.07, 6.45) is 7.58. The Morgan fingerprint density at radius 1 is 0.889 bits per heavy atom. The van der Waals surface area contributed by atoms with E-state index in [0.717, 1.165) is 0 Å². The molecule has 3 rings (SSSR count). The lowest BCUT2D eigenvalue weighted by atomic mass is 10.2. The van der Waals surface area contributed by atoms with Crippen molar-refractivity contribution in [1.29, 1.82) is 0 Å². The fourth-order valence-electron chi connectivity index (χ4n) is 0.861. The Hall–Kier alpha value is -2.76. The monoisotopic (exact) mass is 244 g/mol. The van der Waals surface area contributed by atoms with Crippen LogP contribution in [0.25, 0.3) is 6.08 Å². The minimum Gasteiger partial charge on any atom is -0.346 e. The summed E-state index contributed by atoms with van der Waals surface area (Å²) in [6, 6.07) is 10.0. The first-order valence-corrected chi connectivity index (χ1v) is 5.03. The van der Waals surface area contributed by atoms with E-state index in [0.29, 0.717) is 0 Å². The predicted molar refractivity (Wildman–Crippen MR) is 65.1 cm³/mol. The minimum atomic E-state index is 1.17. The molecule has 0 unspecified atom stereocenters. The zero-order valence-electron chi connectivity index (χ0n) is 9.59. The highest BCUT2D eigenvalue weighted by molar-refractivity contribution is 5.45. The molecule has 2 heterocycles. The van der Waals surface area contributed by atoms with E-state index in [1.54, 1.807) is 0 Å². The Labute approximate surface area is 104 Å². The van der Waals surface area contributed by atoms with Crippen molar-refractivity contribution in [3.05, 3.63) is 67.4 Å². The molecule has 0 saturated carbocycles. The summed E-state index contributed by atoms with van der Waals surface area (Å²) < 4.78 is 8.44. The fourth-order valence-corrected chi connectivity index (χ4v) is 0.861. The summed E-state index contributed by atoms with van der Waals surface area (Å²) in [7, 11) is 0. The second kappa shape index (κ2) is 9.46. The third kappa shape index (κ3) is 6.67. The van der Waals surface area contributed by atoms with Gasteiger partial charge in [0.05, 0.1) is 12.4 Å². The lowest BCUT2D eigenvalue weighted by Crippen LogP contribution is -1.63. The van der Waals surface area contributed by atoms with E-state index in [2.05, 4.69) is 36.4 Å². The molecule has 0 amide bonds. The van der Waals surface area contributed by atoms with Crippen LogP contribution in [-0.2, 0) is 0 Å². The van der Waals surface area contributed by atoms with Gasteiger partial charge in [0.2, 0.25) is 0 Å². The Morgan fingerprint density at radius 2 is 1.44 bits per heavy atom. The molecule has 0 bridgehead atoms. The molecule has 18 heavy (non-hydrogen) atoms. The van der Waals surface area contributed by atoms with Crippen LogP contribution < -0.4 is 0 Å². The van der Waals surface area contributed by atoms with Gasteiger partial charge in [-0.2, -0.15) is 0 Å². The van der Waals surface area contributed by atoms with Crippen molar-refractivity contribution in [2.75, 3.05) is 0 Å². The number of aromatic nitrogens is 4. The molecule has 0 atom stereocenters. The van der Waals surface area contributed by atoms with Crippen molar-refractivity contribution in [2.24, 2.45) is 0 Å². The van der Waals surface area contributed by atoms with Crippen LogP contribution in [0.2, 0.25) is 0 Å². The Morgan fingerprint density at radius 3 is 1.67 bits per heavy atom. The molecule has 92 valence electrons. The van der Waals surface area contributed by atoms with E-state index in [1.165, 1.54) is 30.5 Å². The molecule has 3 aromatic rings. The molecule has 0 saturated heterocycles. The topological polar surface area (TPSA) is 77.8 Å². The molecule has 6 nitrogen and oxygen atoms in total. The van der Waals surface area contributed by atoms with Crippen molar-refractivity contribution in [2.45, 2.75) is 0 Å². The quantitative estimate of drug-likeness (QED) is 0.654. The van der Waals surface area contributed by atoms with Gasteiger partial charge in [0.1, 0.15) is 12.5 Å². The van der Waals surface area contributed by atoms with Crippen molar-refractivity contribution in [3.8, 4) is 0 Å². The maximum Gasteiger partial charge on any atom is 0.144 e. The maximum absolute atomic E-state index is 4.22. The van der Waals surface area contributed by atoms with Crippen molar-refractivity contribution >= 4 is 6.08 Å². The number of hydrogen-bond donors (Lipinski definition) is 0. The van der Waals surface area contributed by atoms with Gasteiger partial charge < -0.3 is 9.05 Å². The lowest BCUT2D eigenvalue weighted by molar-refractivity contribution is 0.392. The van der Waals surface area contributed by atoms with Crippen LogP contribution in [0.15, 0.2) is 70.9 Å². The molecule has 0 fully saturated rings. The first-order valence-electron chi connectivity index (χ1n) is 5.03. The van der Waals surface area contributed by atoms with Gasteiger partial charge in [-0.15, -0.1) is 10.2 Å². The lowest BCUT2D eigenvalue weighted by Gasteiger charge is -1.85. The first-order chi connectivity index (χ1) is 8.93. The van der Waals surface area contributed by atoms with Crippen LogP contribution in [0.1, 0.15) is 5.56 Å². The zero-order chi connectivity index (χ0) is 12.9. The summed E-state index contributed by atoms with van der Waals surface area (Å²) >= 11 is 0. The van der Waals surface area contributed by atoms with Crippen LogP contribution >= 0.6 is 0 Å². The normalized spacial score (nSPS) is 8.22. The van der Waals surface area contributed by atoms with E-state index in [9.17, 15) is 0 Å². The summed E-state index contributed by atoms with van der Waals surface area (Å²) in [6.45, 7) is 3.63. The maximum atomic E-state index is 4.22. The highest BCUT2D eigenvalue weighted by atomic mass is 16.5. The number of hydrogen-bond acceptors (Lipinski definition) is 6. The van der Waals surface area contributed by atoms with E-state index < -0.39 is 0 Å². The molecule has 0 aliphatic heterocycles. The van der Waals surface area contributed by atoms with Gasteiger partial charge in [0.15, 0.2) is 0 Å². The third-order valence-corrected chi connectivity index (χ3v) is 1.60. The largest absolute Gasteiger partial charge is 0.346 e. The summed E-state index contributed by atoms with van der Waals surface area (Å²) in [4.78, 5) is 0. The van der Waals surface area contributed by atoms with Gasteiger partial charge in [0, 0.05) is 10.5 Å². The third-order valence-electron chi connectivity index (χ3n) is 1.60. The van der Waals surface area contributed by atoms with Crippen molar-refractivity contribution in [3.63, 3.8) is 0 Å². The summed E-state index contributed by atoms with van der Waals surface area (Å²) in [5, 5.41) is 12.8. The van der Waals surface area contributed by atoms with E-state index in [1.807, 2.05) is 36.4 Å². The standard InChI is InChI=1S/C8H8.2C2H2N2O/c1-2-8-6-4-3-5-7-8;2*1-2-5-4-3-1/h2-7H,1H2;2*1-2H. The molecule has 0 N–H and O–H groups in total. The molecule has 0 radical (unpaired) electrons. The Bertz CT molecular complexity index is 419. The highest BCUT2D eigenvalue weighted by Gasteiger charge is 1.75. The second-order valence-electron chi connectivity index (χ2n) is 2.79. The van der Waals surface area contributed by atoms with Crippen LogP contribution in [0.4, 0.5) is 0 Å². The molecule has 0 aliphatic rings. The van der Waals surface area contributed by atoms with Crippen LogP contribution in [0, 0.1) is 0 Å². The van der Waals surface area contributed by atoms with E-state index >= 15 is 0 Å². The fraction of sp³-hybridized carbons (Fsp3) is 0. The number of rotatable bonds is 1. The molecule has 6 heteroatoms. The molecular weight excluding hydrogens is 232 g/mol. The molecule has 0 spiro atoms. The van der Waals surface area contributed by atoms with Crippen LogP contribution in [0.5, 0.6) is 0 Å². The Kier molecular flexibility index (Phi) is 7.00. The average molecular weight is 244 g/mol. The van der Waals surface area contributed by atoms with E-state index in [-0.39, 0.29) is 0 Å². The zero-order valence-corrected chi connectivity index (χ0v) is 9.59. The average Bonchev–Trinajstić information content (AvgIpc) is 3.17. The molecular formula is C12H12N4O2. The first kappa shape index (κ1) is 13.3. The van der Waals surface area contributed by atoms with Crippen LogP contribution in [0.3, 0.4) is 0 Å². The summed E-state index contributed by atoms with van der Waals surface area (Å²) in [5.41, 5.74) is 1.17. The second-order valence-corrected chi connectivity index (χ2v) is 2.79. The minimum absolute atomic E-state index is 1.17. The summed E-state index contributed by atoms with van der Waals surface area (Å²) in [5.74, 6) is 0. The molecule has 0 aliphatic carbocycles. The predicted octanol–water partition coefficient (Wildman–Crippen LogP) is 2.47. The van der Waals surface area contributed by atoms with Gasteiger partial charge in [0.25, 0.3) is 0 Å². The van der Waals surface area contributed by atoms with Gasteiger partial charge in [-0.1, -0.05) is 43.0 Å². The van der Waals surface area contributed by atoms with Crippen LogP contribution in [-0.4, -0.2) is 20.7 Å². The smallest absolute Gasteiger partial charge is 0.144 e. The van der Waals surface area contributed by atoms with E-state index in [4.69, 9.17) is 0 Å². The van der Waals surface area contributed by atoms with Gasteiger partial charge in [-0.25, -0.2) is 0 Å². The van der Waals surface area contributed by atoms with Gasteiger partial charge in [-0.05, 0) is 5.56 Å². The van der Waals surface area contributed by atoms with Gasteiger partial charge in [-0.3, -0.25) is 0 Å². The van der Waals surface area contributed by atoms with Crippen molar-refractivity contribution in [1.82, 2.24) is 20.7 Å². The molecule has 1 aromatic carbocycles.